The molecule has 0 saturated carbocycles. The summed E-state index contributed by atoms with van der Waals surface area (Å²) in [7, 11) is 0. The van der Waals surface area contributed by atoms with Crippen LogP contribution < -0.4 is 5.32 Å². The van der Waals surface area contributed by atoms with Crippen molar-refractivity contribution in [3.05, 3.63) is 35.1 Å². The summed E-state index contributed by atoms with van der Waals surface area (Å²) in [5.41, 5.74) is -1.89. The highest BCUT2D eigenvalue weighted by Gasteiger charge is 2.34. The molecule has 0 aromatic heterocycles. The van der Waals surface area contributed by atoms with Crippen LogP contribution in [0.1, 0.15) is 29.8 Å². The van der Waals surface area contributed by atoms with E-state index in [-0.39, 0.29) is 17.5 Å². The summed E-state index contributed by atoms with van der Waals surface area (Å²) in [6, 6.07) is 2.19. The predicted octanol–water partition coefficient (Wildman–Crippen LogP) is 4.00. The number of alkyl halides is 4. The molecule has 0 aliphatic carbocycles. The fourth-order valence-electron chi connectivity index (χ4n) is 1.35. The maximum Gasteiger partial charge on any atom is 0.419 e. The Hall–Kier alpha value is -1.11. The van der Waals surface area contributed by atoms with Gasteiger partial charge in [0.1, 0.15) is 5.82 Å². The number of hydrogen-bond donors (Lipinski definition) is 1. The van der Waals surface area contributed by atoms with E-state index in [0.717, 1.165) is 6.07 Å². The van der Waals surface area contributed by atoms with Crippen LogP contribution in [0.4, 0.5) is 17.6 Å². The van der Waals surface area contributed by atoms with Crippen molar-refractivity contribution in [2.75, 3.05) is 11.9 Å². The lowest BCUT2D eigenvalue weighted by Gasteiger charge is -2.22. The van der Waals surface area contributed by atoms with E-state index < -0.39 is 23.5 Å². The van der Waals surface area contributed by atoms with Gasteiger partial charge in [-0.2, -0.15) is 13.2 Å². The van der Waals surface area contributed by atoms with E-state index in [9.17, 15) is 22.4 Å². The molecule has 0 spiro atoms. The SMILES string of the molecule is CC(C)(CBr)CNC(=O)c1ccc(F)c(C(F)(F)F)c1. The Bertz CT molecular complexity index is 500. The number of hydrogen-bond acceptors (Lipinski definition) is 1. The van der Waals surface area contributed by atoms with Crippen LogP contribution in [0.25, 0.3) is 0 Å². The second-order valence-electron chi connectivity index (χ2n) is 5.17. The molecule has 0 heterocycles. The molecule has 7 heteroatoms. The standard InChI is InChI=1S/C13H14BrF4NO/c1-12(2,6-14)7-19-11(20)8-3-4-10(15)9(5-8)13(16,17)18/h3-5H,6-7H2,1-2H3,(H,19,20). The van der Waals surface area contributed by atoms with Crippen LogP contribution in [0.2, 0.25) is 0 Å². The first-order chi connectivity index (χ1) is 9.07. The van der Waals surface area contributed by atoms with Gasteiger partial charge in [0.2, 0.25) is 0 Å². The van der Waals surface area contributed by atoms with Gasteiger partial charge >= 0.3 is 6.18 Å². The highest BCUT2D eigenvalue weighted by molar-refractivity contribution is 9.09. The number of amides is 1. The van der Waals surface area contributed by atoms with E-state index >= 15 is 0 Å². The molecule has 0 fully saturated rings. The summed E-state index contributed by atoms with van der Waals surface area (Å²) >= 11 is 3.27. The van der Waals surface area contributed by atoms with Crippen molar-refractivity contribution in [2.24, 2.45) is 5.41 Å². The molecule has 20 heavy (non-hydrogen) atoms. The average molecular weight is 356 g/mol. The minimum atomic E-state index is -4.82. The first kappa shape index (κ1) is 16.9. The Balaban J connectivity index is 2.90. The molecule has 112 valence electrons. The Kier molecular flexibility index (Phi) is 5.18. The Morgan fingerprint density at radius 1 is 1.30 bits per heavy atom. The van der Waals surface area contributed by atoms with Gasteiger partial charge in [-0.25, -0.2) is 4.39 Å². The van der Waals surface area contributed by atoms with Gasteiger partial charge in [-0.3, -0.25) is 4.79 Å². The Morgan fingerprint density at radius 3 is 2.40 bits per heavy atom. The van der Waals surface area contributed by atoms with E-state index in [4.69, 9.17) is 0 Å². The van der Waals surface area contributed by atoms with E-state index in [0.29, 0.717) is 17.5 Å². The van der Waals surface area contributed by atoms with Gasteiger partial charge in [0.15, 0.2) is 0 Å². The van der Waals surface area contributed by atoms with Crippen LogP contribution in [0.15, 0.2) is 18.2 Å². The zero-order chi connectivity index (χ0) is 15.6. The lowest BCUT2D eigenvalue weighted by Crippen LogP contribution is -2.35. The van der Waals surface area contributed by atoms with Crippen LogP contribution >= 0.6 is 15.9 Å². The number of carbonyl (C=O) groups is 1. The maximum absolute atomic E-state index is 13.1. The molecule has 0 saturated heterocycles. The fourth-order valence-corrected chi connectivity index (χ4v) is 1.55. The molecule has 0 bridgehead atoms. The molecule has 0 atom stereocenters. The van der Waals surface area contributed by atoms with Crippen molar-refractivity contribution >= 4 is 21.8 Å². The van der Waals surface area contributed by atoms with Gasteiger partial charge in [0.25, 0.3) is 5.91 Å². The lowest BCUT2D eigenvalue weighted by atomic mass is 9.96. The molecular weight excluding hydrogens is 342 g/mol. The van der Waals surface area contributed by atoms with Crippen LogP contribution in [0.3, 0.4) is 0 Å². The number of halogens is 5. The third-order valence-electron chi connectivity index (χ3n) is 2.62. The van der Waals surface area contributed by atoms with Gasteiger partial charge in [-0.15, -0.1) is 0 Å². The van der Waals surface area contributed by atoms with E-state index in [2.05, 4.69) is 21.2 Å². The largest absolute Gasteiger partial charge is 0.419 e. The number of rotatable bonds is 4. The van der Waals surface area contributed by atoms with E-state index in [1.165, 1.54) is 0 Å². The highest BCUT2D eigenvalue weighted by atomic mass is 79.9. The molecule has 0 radical (unpaired) electrons. The molecule has 1 N–H and O–H groups in total. The van der Waals surface area contributed by atoms with Crippen LogP contribution in [-0.2, 0) is 6.18 Å². The Labute approximate surface area is 122 Å². The summed E-state index contributed by atoms with van der Waals surface area (Å²) < 4.78 is 50.7. The maximum atomic E-state index is 13.1. The molecular formula is C13H14BrF4NO. The lowest BCUT2D eigenvalue weighted by molar-refractivity contribution is -0.140. The summed E-state index contributed by atoms with van der Waals surface area (Å²) in [4.78, 5) is 11.8. The average Bonchev–Trinajstić information content (AvgIpc) is 2.35. The van der Waals surface area contributed by atoms with Crippen molar-refractivity contribution < 1.29 is 22.4 Å². The number of nitrogens with one attached hydrogen (secondary N) is 1. The second kappa shape index (κ2) is 6.11. The van der Waals surface area contributed by atoms with E-state index in [1.807, 2.05) is 13.8 Å². The second-order valence-corrected chi connectivity index (χ2v) is 5.73. The molecule has 2 nitrogen and oxygen atoms in total. The normalized spacial score (nSPS) is 12.3. The van der Waals surface area contributed by atoms with Crippen molar-refractivity contribution in [2.45, 2.75) is 20.0 Å². The monoisotopic (exact) mass is 355 g/mol. The minimum Gasteiger partial charge on any atom is -0.351 e. The van der Waals surface area contributed by atoms with Gasteiger partial charge in [-0.05, 0) is 23.6 Å². The van der Waals surface area contributed by atoms with Gasteiger partial charge in [0.05, 0.1) is 5.56 Å². The molecule has 0 aliphatic heterocycles. The molecule has 1 rings (SSSR count). The first-order valence-electron chi connectivity index (χ1n) is 5.78. The zero-order valence-corrected chi connectivity index (χ0v) is 12.5. The van der Waals surface area contributed by atoms with Crippen LogP contribution in [0.5, 0.6) is 0 Å². The number of carbonyl (C=O) groups excluding carboxylic acids is 1. The fraction of sp³-hybridized carbons (Fsp3) is 0.462. The zero-order valence-electron chi connectivity index (χ0n) is 10.9. The van der Waals surface area contributed by atoms with Gasteiger partial charge in [0, 0.05) is 17.4 Å². The predicted molar refractivity (Wildman–Crippen MR) is 71.3 cm³/mol. The third-order valence-corrected chi connectivity index (χ3v) is 4.14. The summed E-state index contributed by atoms with van der Waals surface area (Å²) in [6.07, 6.45) is -4.82. The van der Waals surface area contributed by atoms with Crippen molar-refractivity contribution in [1.82, 2.24) is 5.32 Å². The summed E-state index contributed by atoms with van der Waals surface area (Å²) in [5, 5.41) is 3.15. The van der Waals surface area contributed by atoms with Crippen molar-refractivity contribution in [3.8, 4) is 0 Å². The van der Waals surface area contributed by atoms with Crippen molar-refractivity contribution in [1.29, 1.82) is 0 Å². The van der Waals surface area contributed by atoms with Crippen molar-refractivity contribution in [3.63, 3.8) is 0 Å². The molecule has 0 aliphatic rings. The molecule has 1 aromatic rings. The molecule has 1 amide bonds. The van der Waals surface area contributed by atoms with Crippen LogP contribution in [-0.4, -0.2) is 17.8 Å². The summed E-state index contributed by atoms with van der Waals surface area (Å²) in [5.74, 6) is -2.06. The van der Waals surface area contributed by atoms with Crippen LogP contribution in [0, 0.1) is 11.2 Å². The molecule has 0 unspecified atom stereocenters. The van der Waals surface area contributed by atoms with Gasteiger partial charge in [-0.1, -0.05) is 29.8 Å². The smallest absolute Gasteiger partial charge is 0.351 e. The van der Waals surface area contributed by atoms with Gasteiger partial charge < -0.3 is 5.32 Å². The first-order valence-corrected chi connectivity index (χ1v) is 6.90. The third kappa shape index (κ3) is 4.47. The molecule has 1 aromatic carbocycles. The topological polar surface area (TPSA) is 29.1 Å². The minimum absolute atomic E-state index is 0.218. The van der Waals surface area contributed by atoms with E-state index in [1.54, 1.807) is 0 Å². The quantitative estimate of drug-likeness (QED) is 0.641. The summed E-state index contributed by atoms with van der Waals surface area (Å²) in [6.45, 7) is 4.05. The Morgan fingerprint density at radius 2 is 1.90 bits per heavy atom. The highest BCUT2D eigenvalue weighted by Crippen LogP contribution is 2.31. The number of benzene rings is 1.